The molecule has 2 N–H and O–H groups in total. The standard InChI is InChI=1S/C22H24N6O3/c1-14-12-23-20-18(14)19(24-13-25-20)15-7-9-28(10-8-15)21(29)26-16-5-4-6-17(11-16)31-22(30)27(2)3/h4-7,11-13H,8-10H2,1-3H3,(H,26,29)(H,23,24,25). The molecule has 1 aromatic carbocycles. The zero-order valence-corrected chi connectivity index (χ0v) is 17.7. The predicted octanol–water partition coefficient (Wildman–Crippen LogP) is 3.65. The molecule has 3 amide bonds. The molecule has 9 nitrogen and oxygen atoms in total. The number of aromatic amines is 1. The second-order valence-electron chi connectivity index (χ2n) is 7.56. The van der Waals surface area contributed by atoms with Crippen molar-refractivity contribution in [1.29, 1.82) is 0 Å². The van der Waals surface area contributed by atoms with E-state index in [-0.39, 0.29) is 6.03 Å². The van der Waals surface area contributed by atoms with Crippen molar-refractivity contribution in [2.45, 2.75) is 13.3 Å². The van der Waals surface area contributed by atoms with Crippen molar-refractivity contribution in [2.24, 2.45) is 0 Å². The summed E-state index contributed by atoms with van der Waals surface area (Å²) in [5.74, 6) is 0.368. The minimum Gasteiger partial charge on any atom is -0.410 e. The summed E-state index contributed by atoms with van der Waals surface area (Å²) >= 11 is 0. The number of rotatable bonds is 3. The van der Waals surface area contributed by atoms with Crippen LogP contribution < -0.4 is 10.1 Å². The molecule has 3 aromatic rings. The third kappa shape index (κ3) is 4.35. The lowest BCUT2D eigenvalue weighted by Crippen LogP contribution is -2.38. The van der Waals surface area contributed by atoms with E-state index in [1.54, 1.807) is 49.6 Å². The summed E-state index contributed by atoms with van der Waals surface area (Å²) in [6.45, 7) is 3.08. The second kappa shape index (κ2) is 8.47. The molecule has 1 aliphatic rings. The number of aryl methyl sites for hydroxylation is 1. The lowest BCUT2D eigenvalue weighted by molar-refractivity contribution is 0.172. The van der Waals surface area contributed by atoms with Gasteiger partial charge in [-0.1, -0.05) is 12.1 Å². The van der Waals surface area contributed by atoms with Crippen LogP contribution in [0.5, 0.6) is 5.75 Å². The molecule has 160 valence electrons. The molecule has 0 bridgehead atoms. The summed E-state index contributed by atoms with van der Waals surface area (Å²) < 4.78 is 5.24. The topological polar surface area (TPSA) is 103 Å². The first-order chi connectivity index (χ1) is 14.9. The quantitative estimate of drug-likeness (QED) is 0.673. The fraction of sp³-hybridized carbons (Fsp3) is 0.273. The molecule has 0 saturated carbocycles. The zero-order valence-electron chi connectivity index (χ0n) is 17.7. The van der Waals surface area contributed by atoms with Crippen LogP contribution in [0.3, 0.4) is 0 Å². The highest BCUT2D eigenvalue weighted by Gasteiger charge is 2.21. The van der Waals surface area contributed by atoms with Crippen LogP contribution in [-0.2, 0) is 0 Å². The molecule has 0 unspecified atom stereocenters. The number of urea groups is 1. The van der Waals surface area contributed by atoms with E-state index < -0.39 is 6.09 Å². The van der Waals surface area contributed by atoms with Gasteiger partial charge in [0.1, 0.15) is 17.7 Å². The molecule has 0 saturated heterocycles. The molecule has 0 spiro atoms. The lowest BCUT2D eigenvalue weighted by atomic mass is 10.0. The van der Waals surface area contributed by atoms with E-state index in [4.69, 9.17) is 4.74 Å². The molecule has 31 heavy (non-hydrogen) atoms. The first-order valence-corrected chi connectivity index (χ1v) is 9.95. The number of carbonyl (C=O) groups excluding carboxylic acids is 2. The SMILES string of the molecule is Cc1c[nH]c2ncnc(C3=CCN(C(=O)Nc4cccc(OC(=O)N(C)C)c4)CC3)c12. The van der Waals surface area contributed by atoms with Gasteiger partial charge >= 0.3 is 12.1 Å². The van der Waals surface area contributed by atoms with Crippen LogP contribution in [0.25, 0.3) is 16.6 Å². The highest BCUT2D eigenvalue weighted by Crippen LogP contribution is 2.28. The number of nitrogens with one attached hydrogen (secondary N) is 2. The summed E-state index contributed by atoms with van der Waals surface area (Å²) in [5.41, 5.74) is 4.50. The Kier molecular flexibility index (Phi) is 5.57. The van der Waals surface area contributed by atoms with E-state index in [0.29, 0.717) is 30.9 Å². The van der Waals surface area contributed by atoms with Crippen LogP contribution in [0.1, 0.15) is 17.7 Å². The Balaban J connectivity index is 1.43. The number of nitrogens with zero attached hydrogens (tertiary/aromatic N) is 4. The van der Waals surface area contributed by atoms with Gasteiger partial charge in [-0.15, -0.1) is 0 Å². The summed E-state index contributed by atoms with van der Waals surface area (Å²) in [7, 11) is 3.21. The van der Waals surface area contributed by atoms with Crippen LogP contribution in [0.15, 0.2) is 42.9 Å². The average Bonchev–Trinajstić information content (AvgIpc) is 3.15. The second-order valence-corrected chi connectivity index (χ2v) is 7.56. The van der Waals surface area contributed by atoms with Crippen LogP contribution in [0.2, 0.25) is 0 Å². The number of anilines is 1. The molecular formula is C22H24N6O3. The maximum Gasteiger partial charge on any atom is 0.414 e. The number of hydrogen-bond donors (Lipinski definition) is 2. The molecule has 9 heteroatoms. The minimum absolute atomic E-state index is 0.211. The van der Waals surface area contributed by atoms with Crippen molar-refractivity contribution in [2.75, 3.05) is 32.5 Å². The summed E-state index contributed by atoms with van der Waals surface area (Å²) in [5, 5.41) is 3.89. The predicted molar refractivity (Wildman–Crippen MR) is 118 cm³/mol. The normalized spacial score (nSPS) is 13.6. The van der Waals surface area contributed by atoms with Gasteiger partial charge in [0.15, 0.2) is 0 Å². The molecule has 0 aliphatic carbocycles. The number of hydrogen-bond acceptors (Lipinski definition) is 5. The van der Waals surface area contributed by atoms with Crippen LogP contribution in [-0.4, -0.2) is 64.1 Å². The highest BCUT2D eigenvalue weighted by atomic mass is 16.6. The summed E-state index contributed by atoms with van der Waals surface area (Å²) in [6.07, 6.45) is 5.74. The molecule has 2 aromatic heterocycles. The molecule has 1 aliphatic heterocycles. The van der Waals surface area contributed by atoms with Gasteiger partial charge in [-0.05, 0) is 36.6 Å². The van der Waals surface area contributed by atoms with Crippen molar-refractivity contribution in [3.05, 3.63) is 54.1 Å². The Morgan fingerprint density at radius 3 is 2.84 bits per heavy atom. The number of ether oxygens (including phenoxy) is 1. The Bertz CT molecular complexity index is 1170. The maximum absolute atomic E-state index is 12.7. The molecule has 3 heterocycles. The number of carbonyl (C=O) groups is 2. The zero-order chi connectivity index (χ0) is 22.0. The third-order valence-corrected chi connectivity index (χ3v) is 5.12. The summed E-state index contributed by atoms with van der Waals surface area (Å²) in [6, 6.07) is 6.55. The van der Waals surface area contributed by atoms with E-state index in [2.05, 4.69) is 20.3 Å². The van der Waals surface area contributed by atoms with Crippen LogP contribution in [0, 0.1) is 6.92 Å². The van der Waals surface area contributed by atoms with Gasteiger partial charge in [0.25, 0.3) is 0 Å². The van der Waals surface area contributed by atoms with Crippen LogP contribution in [0.4, 0.5) is 15.3 Å². The average molecular weight is 420 g/mol. The van der Waals surface area contributed by atoms with Gasteiger partial charge in [0.2, 0.25) is 0 Å². The van der Waals surface area contributed by atoms with Gasteiger partial charge in [-0.3, -0.25) is 0 Å². The fourth-order valence-electron chi connectivity index (χ4n) is 3.46. The molecule has 0 fully saturated rings. The van der Waals surface area contributed by atoms with Gasteiger partial charge in [0.05, 0.1) is 5.69 Å². The molecule has 0 atom stereocenters. The van der Waals surface area contributed by atoms with Gasteiger partial charge in [-0.25, -0.2) is 19.6 Å². The van der Waals surface area contributed by atoms with Gasteiger partial charge in [-0.2, -0.15) is 0 Å². The number of aromatic nitrogens is 3. The fourth-order valence-corrected chi connectivity index (χ4v) is 3.46. The summed E-state index contributed by atoms with van der Waals surface area (Å²) in [4.78, 5) is 39.4. The number of amides is 3. The van der Waals surface area contributed by atoms with Crippen molar-refractivity contribution in [3.8, 4) is 5.75 Å². The van der Waals surface area contributed by atoms with Crippen LogP contribution >= 0.6 is 0 Å². The number of fused-ring (bicyclic) bond motifs is 1. The van der Waals surface area contributed by atoms with E-state index in [9.17, 15) is 9.59 Å². The number of H-pyrrole nitrogens is 1. The van der Waals surface area contributed by atoms with E-state index in [1.807, 2.05) is 19.2 Å². The van der Waals surface area contributed by atoms with E-state index in [1.165, 1.54) is 4.90 Å². The largest absolute Gasteiger partial charge is 0.414 e. The van der Waals surface area contributed by atoms with Crippen molar-refractivity contribution >= 4 is 34.4 Å². The molecule has 0 radical (unpaired) electrons. The first kappa shape index (κ1) is 20.4. The Hall–Kier alpha value is -3.88. The number of benzene rings is 1. The van der Waals surface area contributed by atoms with Crippen molar-refractivity contribution < 1.29 is 14.3 Å². The van der Waals surface area contributed by atoms with Gasteiger partial charge in [0, 0.05) is 50.5 Å². The van der Waals surface area contributed by atoms with Crippen molar-refractivity contribution in [3.63, 3.8) is 0 Å². The lowest BCUT2D eigenvalue weighted by Gasteiger charge is -2.26. The highest BCUT2D eigenvalue weighted by molar-refractivity contribution is 5.93. The van der Waals surface area contributed by atoms with Gasteiger partial charge < -0.3 is 24.8 Å². The third-order valence-electron chi connectivity index (χ3n) is 5.12. The smallest absolute Gasteiger partial charge is 0.410 e. The maximum atomic E-state index is 12.7. The minimum atomic E-state index is -0.478. The van der Waals surface area contributed by atoms with E-state index in [0.717, 1.165) is 27.9 Å². The molecule has 4 rings (SSSR count). The Morgan fingerprint density at radius 1 is 1.26 bits per heavy atom. The van der Waals surface area contributed by atoms with E-state index >= 15 is 0 Å². The van der Waals surface area contributed by atoms with Crippen molar-refractivity contribution in [1.82, 2.24) is 24.8 Å². The first-order valence-electron chi connectivity index (χ1n) is 9.95. The Morgan fingerprint density at radius 2 is 2.10 bits per heavy atom. The Labute approximate surface area is 179 Å². The monoisotopic (exact) mass is 420 g/mol. The molecular weight excluding hydrogens is 396 g/mol.